The number of hydrogen-bond acceptors (Lipinski definition) is 5. The largest absolute Gasteiger partial charge is 0.459 e. The van der Waals surface area contributed by atoms with Gasteiger partial charge in [-0.05, 0) is 6.07 Å². The van der Waals surface area contributed by atoms with Gasteiger partial charge in [0.25, 0.3) is 5.91 Å². The summed E-state index contributed by atoms with van der Waals surface area (Å²) in [6.45, 7) is 0. The molecule has 3 aromatic rings. The third kappa shape index (κ3) is 2.28. The van der Waals surface area contributed by atoms with Gasteiger partial charge < -0.3 is 9.40 Å². The Morgan fingerprint density at radius 2 is 2.30 bits per heavy atom. The molecular formula is C13H12N4O2S. The number of carbonyl (C=O) groups is 1. The molecule has 4 N–H and O–H groups in total. The van der Waals surface area contributed by atoms with Gasteiger partial charge in [-0.15, -0.1) is 0 Å². The van der Waals surface area contributed by atoms with Gasteiger partial charge in [0, 0.05) is 17.8 Å². The number of carbonyl (C=O) groups excluding carboxylic acids is 1. The molecule has 6 nitrogen and oxygen atoms in total. The van der Waals surface area contributed by atoms with Crippen molar-refractivity contribution in [1.82, 2.24) is 15.4 Å². The van der Waals surface area contributed by atoms with E-state index in [1.54, 1.807) is 12.4 Å². The fourth-order valence-electron chi connectivity index (χ4n) is 1.98. The minimum atomic E-state index is -0.356. The number of amides is 1. The third-order valence-corrected chi connectivity index (χ3v) is 3.74. The number of nitrogen functional groups attached to an aromatic ring is 1. The van der Waals surface area contributed by atoms with Crippen LogP contribution in [-0.2, 0) is 5.75 Å². The minimum absolute atomic E-state index is 0.356. The van der Waals surface area contributed by atoms with E-state index in [-0.39, 0.29) is 5.91 Å². The summed E-state index contributed by atoms with van der Waals surface area (Å²) in [4.78, 5) is 19.1. The van der Waals surface area contributed by atoms with Crippen molar-refractivity contribution in [1.29, 1.82) is 0 Å². The Hall–Kier alpha value is -2.25. The first-order chi connectivity index (χ1) is 9.79. The van der Waals surface area contributed by atoms with Crippen LogP contribution in [0.2, 0.25) is 0 Å². The number of hydrazine groups is 1. The van der Waals surface area contributed by atoms with Gasteiger partial charge in [0.2, 0.25) is 0 Å². The van der Waals surface area contributed by atoms with Crippen LogP contribution in [0.1, 0.15) is 16.1 Å². The van der Waals surface area contributed by atoms with Crippen LogP contribution in [0.25, 0.3) is 11.0 Å². The number of nitrogens with one attached hydrogen (secondary N) is 2. The first kappa shape index (κ1) is 12.8. The number of aromatic amines is 1. The maximum atomic E-state index is 11.9. The molecule has 7 heteroatoms. The lowest BCUT2D eigenvalue weighted by atomic mass is 10.1. The molecule has 2 heterocycles. The van der Waals surface area contributed by atoms with Gasteiger partial charge in [0.05, 0.1) is 11.3 Å². The normalized spacial score (nSPS) is 10.8. The van der Waals surface area contributed by atoms with Crippen LogP contribution >= 0.6 is 11.8 Å². The first-order valence-corrected chi connectivity index (χ1v) is 6.91. The van der Waals surface area contributed by atoms with E-state index >= 15 is 0 Å². The molecule has 0 atom stereocenters. The molecule has 1 amide bonds. The second-order valence-electron chi connectivity index (χ2n) is 4.05. The molecule has 0 radical (unpaired) electrons. The smallest absolute Gasteiger partial charge is 0.269 e. The Kier molecular flexibility index (Phi) is 3.44. The van der Waals surface area contributed by atoms with E-state index in [9.17, 15) is 4.79 Å². The third-order valence-electron chi connectivity index (χ3n) is 2.84. The molecule has 0 bridgehead atoms. The maximum Gasteiger partial charge on any atom is 0.269 e. The number of imidazole rings is 1. The second-order valence-corrected chi connectivity index (χ2v) is 5.02. The molecular weight excluding hydrogens is 276 g/mol. The van der Waals surface area contributed by atoms with Crippen molar-refractivity contribution in [3.8, 4) is 0 Å². The van der Waals surface area contributed by atoms with Crippen LogP contribution in [0.4, 0.5) is 0 Å². The highest BCUT2D eigenvalue weighted by atomic mass is 32.2. The van der Waals surface area contributed by atoms with E-state index < -0.39 is 0 Å². The highest BCUT2D eigenvalue weighted by molar-refractivity contribution is 7.98. The van der Waals surface area contributed by atoms with E-state index in [2.05, 4.69) is 15.4 Å². The Morgan fingerprint density at radius 3 is 3.05 bits per heavy atom. The summed E-state index contributed by atoms with van der Waals surface area (Å²) < 4.78 is 5.74. The predicted molar refractivity (Wildman–Crippen MR) is 76.0 cm³/mol. The van der Waals surface area contributed by atoms with Gasteiger partial charge in [-0.1, -0.05) is 30.0 Å². The predicted octanol–water partition coefficient (Wildman–Crippen LogP) is 2.05. The number of nitrogens with two attached hydrogens (primary N) is 1. The van der Waals surface area contributed by atoms with Crippen molar-refractivity contribution >= 4 is 28.6 Å². The molecule has 0 saturated carbocycles. The van der Waals surface area contributed by atoms with Crippen LogP contribution in [-0.4, -0.2) is 15.9 Å². The topological polar surface area (TPSA) is 96.9 Å². The summed E-state index contributed by atoms with van der Waals surface area (Å²) in [5.41, 5.74) is 3.30. The molecule has 0 saturated heterocycles. The summed E-state index contributed by atoms with van der Waals surface area (Å²) in [5, 5.41) is 1.52. The van der Waals surface area contributed by atoms with Gasteiger partial charge in [-0.3, -0.25) is 10.2 Å². The zero-order valence-corrected chi connectivity index (χ0v) is 11.2. The number of benzene rings is 1. The standard InChI is InChI=1S/C13H12N4O2S/c14-17-12(18)11-8-3-1-2-4-9(8)19-10(11)7-20-13-15-5-6-16-13/h1-6H,7,14H2,(H,15,16)(H,17,18). The Morgan fingerprint density at radius 1 is 1.45 bits per heavy atom. The Labute approximate surface area is 118 Å². The SMILES string of the molecule is NNC(=O)c1c(CSc2ncc[nH]2)oc2ccccc12. The summed E-state index contributed by atoms with van der Waals surface area (Å²) in [7, 11) is 0. The molecule has 0 aliphatic heterocycles. The summed E-state index contributed by atoms with van der Waals surface area (Å²) in [5.74, 6) is 5.96. The lowest BCUT2D eigenvalue weighted by molar-refractivity contribution is 0.0953. The number of fused-ring (bicyclic) bond motifs is 1. The molecule has 20 heavy (non-hydrogen) atoms. The molecule has 0 aliphatic carbocycles. The molecule has 2 aromatic heterocycles. The lowest BCUT2D eigenvalue weighted by Crippen LogP contribution is -2.30. The number of nitrogens with zero attached hydrogens (tertiary/aromatic N) is 1. The monoisotopic (exact) mass is 288 g/mol. The average molecular weight is 288 g/mol. The van der Waals surface area contributed by atoms with Gasteiger partial charge in [0.15, 0.2) is 5.16 Å². The van der Waals surface area contributed by atoms with Crippen LogP contribution in [0.3, 0.4) is 0 Å². The average Bonchev–Trinajstić information content (AvgIpc) is 3.11. The molecule has 0 aliphatic rings. The number of thioether (sulfide) groups is 1. The first-order valence-electron chi connectivity index (χ1n) is 5.93. The molecule has 0 fully saturated rings. The van der Waals surface area contributed by atoms with Crippen LogP contribution in [0.15, 0.2) is 46.2 Å². The highest BCUT2D eigenvalue weighted by Gasteiger charge is 2.20. The summed E-state index contributed by atoms with van der Waals surface area (Å²) >= 11 is 1.46. The number of aromatic nitrogens is 2. The zero-order valence-electron chi connectivity index (χ0n) is 10.4. The van der Waals surface area contributed by atoms with E-state index in [4.69, 9.17) is 10.3 Å². The molecule has 0 spiro atoms. The van der Waals surface area contributed by atoms with Crippen LogP contribution in [0, 0.1) is 0 Å². The summed E-state index contributed by atoms with van der Waals surface area (Å²) in [6, 6.07) is 7.38. The van der Waals surface area contributed by atoms with Crippen molar-refractivity contribution in [3.63, 3.8) is 0 Å². The van der Waals surface area contributed by atoms with E-state index in [1.807, 2.05) is 24.3 Å². The second kappa shape index (κ2) is 5.40. The van der Waals surface area contributed by atoms with Crippen molar-refractivity contribution in [3.05, 3.63) is 48.0 Å². The van der Waals surface area contributed by atoms with Crippen molar-refractivity contribution in [2.75, 3.05) is 0 Å². The maximum absolute atomic E-state index is 11.9. The molecule has 1 aromatic carbocycles. The number of furan rings is 1. The van der Waals surface area contributed by atoms with Crippen molar-refractivity contribution < 1.29 is 9.21 Å². The molecule has 3 rings (SSSR count). The van der Waals surface area contributed by atoms with Gasteiger partial charge in [-0.2, -0.15) is 0 Å². The molecule has 0 unspecified atom stereocenters. The van der Waals surface area contributed by atoms with Crippen LogP contribution in [0.5, 0.6) is 0 Å². The number of hydrogen-bond donors (Lipinski definition) is 3. The molecule has 102 valence electrons. The van der Waals surface area contributed by atoms with Gasteiger partial charge >= 0.3 is 0 Å². The zero-order chi connectivity index (χ0) is 13.9. The van der Waals surface area contributed by atoms with Crippen LogP contribution < -0.4 is 11.3 Å². The van der Waals surface area contributed by atoms with Crippen molar-refractivity contribution in [2.24, 2.45) is 5.84 Å². The fourth-order valence-corrected chi connectivity index (χ4v) is 2.74. The van der Waals surface area contributed by atoms with Gasteiger partial charge in [-0.25, -0.2) is 10.8 Å². The minimum Gasteiger partial charge on any atom is -0.459 e. The Balaban J connectivity index is 1.98. The van der Waals surface area contributed by atoms with Crippen molar-refractivity contribution in [2.45, 2.75) is 10.9 Å². The quantitative estimate of drug-likeness (QED) is 0.295. The lowest BCUT2D eigenvalue weighted by Gasteiger charge is -2.00. The summed E-state index contributed by atoms with van der Waals surface area (Å²) in [6.07, 6.45) is 3.42. The van der Waals surface area contributed by atoms with E-state index in [0.29, 0.717) is 22.7 Å². The number of H-pyrrole nitrogens is 1. The highest BCUT2D eigenvalue weighted by Crippen LogP contribution is 2.30. The van der Waals surface area contributed by atoms with E-state index in [1.165, 1.54) is 11.8 Å². The van der Waals surface area contributed by atoms with Gasteiger partial charge in [0.1, 0.15) is 11.3 Å². The number of rotatable bonds is 4. The number of para-hydroxylation sites is 1. The Bertz CT molecular complexity index is 736. The fraction of sp³-hybridized carbons (Fsp3) is 0.0769. The van der Waals surface area contributed by atoms with E-state index in [0.717, 1.165) is 10.5 Å².